The van der Waals surface area contributed by atoms with Crippen molar-refractivity contribution in [3.05, 3.63) is 35.6 Å². The number of benzene rings is 1. The van der Waals surface area contributed by atoms with Crippen molar-refractivity contribution in [2.24, 2.45) is 5.92 Å². The lowest BCUT2D eigenvalue weighted by Crippen LogP contribution is -2.64. The van der Waals surface area contributed by atoms with Crippen LogP contribution in [0.1, 0.15) is 46.1 Å². The lowest BCUT2D eigenvalue weighted by atomic mass is 9.87. The average molecular weight is 292 g/mol. The Morgan fingerprint density at radius 2 is 2.10 bits per heavy atom. The van der Waals surface area contributed by atoms with Gasteiger partial charge >= 0.3 is 0 Å². The first-order valence-corrected chi connectivity index (χ1v) is 8.22. The fraction of sp³-hybridized carbons (Fsp3) is 0.667. The van der Waals surface area contributed by atoms with Gasteiger partial charge in [0.05, 0.1) is 0 Å². The maximum Gasteiger partial charge on any atom is 0.127 e. The van der Waals surface area contributed by atoms with Gasteiger partial charge in [-0.15, -0.1) is 0 Å². The minimum Gasteiger partial charge on any atom is -0.311 e. The molecular weight excluding hydrogens is 263 g/mol. The van der Waals surface area contributed by atoms with Gasteiger partial charge in [-0.2, -0.15) is 0 Å². The van der Waals surface area contributed by atoms with Gasteiger partial charge in [-0.3, -0.25) is 4.90 Å². The topological polar surface area (TPSA) is 15.3 Å². The van der Waals surface area contributed by atoms with Crippen LogP contribution in [0, 0.1) is 11.7 Å². The van der Waals surface area contributed by atoms with Gasteiger partial charge in [-0.05, 0) is 25.3 Å². The molecule has 1 aromatic carbocycles. The van der Waals surface area contributed by atoms with Crippen molar-refractivity contribution < 1.29 is 4.39 Å². The van der Waals surface area contributed by atoms with Crippen molar-refractivity contribution in [1.29, 1.82) is 0 Å². The number of piperazine rings is 1. The minimum absolute atomic E-state index is 0.0884. The van der Waals surface area contributed by atoms with Crippen LogP contribution in [0.15, 0.2) is 24.3 Å². The van der Waals surface area contributed by atoms with Crippen molar-refractivity contribution in [3.8, 4) is 0 Å². The third-order valence-electron chi connectivity index (χ3n) is 5.34. The highest BCUT2D eigenvalue weighted by Gasteiger charge is 2.37. The summed E-state index contributed by atoms with van der Waals surface area (Å²) in [6.07, 6.45) is 2.25. The molecule has 0 saturated carbocycles. The van der Waals surface area contributed by atoms with Crippen molar-refractivity contribution in [2.45, 2.75) is 58.7 Å². The van der Waals surface area contributed by atoms with Gasteiger partial charge in [0, 0.05) is 36.8 Å². The molecule has 118 valence electrons. The molecule has 1 aromatic rings. The van der Waals surface area contributed by atoms with Crippen LogP contribution in [0.3, 0.4) is 0 Å². The summed E-state index contributed by atoms with van der Waals surface area (Å²) in [7, 11) is 0. The molecule has 1 aliphatic heterocycles. The smallest absolute Gasteiger partial charge is 0.127 e. The second kappa shape index (κ2) is 6.89. The first-order chi connectivity index (χ1) is 10.00. The molecule has 0 aliphatic carbocycles. The molecule has 3 atom stereocenters. The van der Waals surface area contributed by atoms with Crippen LogP contribution in [-0.2, 0) is 6.54 Å². The Balaban J connectivity index is 2.17. The molecule has 3 unspecified atom stereocenters. The lowest BCUT2D eigenvalue weighted by molar-refractivity contribution is 0.0286. The van der Waals surface area contributed by atoms with Crippen molar-refractivity contribution in [3.63, 3.8) is 0 Å². The molecule has 0 amide bonds. The van der Waals surface area contributed by atoms with E-state index in [2.05, 4.69) is 37.9 Å². The molecule has 21 heavy (non-hydrogen) atoms. The maximum atomic E-state index is 14.0. The predicted molar refractivity (Wildman–Crippen MR) is 86.8 cm³/mol. The summed E-state index contributed by atoms with van der Waals surface area (Å²) in [5.41, 5.74) is 0.911. The number of hydrogen-bond donors (Lipinski definition) is 1. The summed E-state index contributed by atoms with van der Waals surface area (Å²) in [4.78, 5) is 2.47. The Morgan fingerprint density at radius 1 is 1.38 bits per heavy atom. The zero-order valence-corrected chi connectivity index (χ0v) is 13.8. The molecule has 0 radical (unpaired) electrons. The largest absolute Gasteiger partial charge is 0.311 e. The highest BCUT2D eigenvalue weighted by atomic mass is 19.1. The fourth-order valence-electron chi connectivity index (χ4n) is 3.09. The first kappa shape index (κ1) is 16.4. The first-order valence-electron chi connectivity index (χ1n) is 8.22. The normalized spacial score (nSPS) is 28.5. The molecule has 0 aromatic heterocycles. The fourth-order valence-corrected chi connectivity index (χ4v) is 3.09. The van der Waals surface area contributed by atoms with Crippen molar-refractivity contribution in [2.75, 3.05) is 13.1 Å². The van der Waals surface area contributed by atoms with Crippen LogP contribution in [0.4, 0.5) is 4.39 Å². The van der Waals surface area contributed by atoms with Crippen molar-refractivity contribution >= 4 is 0 Å². The summed E-state index contributed by atoms with van der Waals surface area (Å²) in [6, 6.07) is 7.66. The van der Waals surface area contributed by atoms with Gasteiger partial charge in [0.15, 0.2) is 0 Å². The molecule has 2 rings (SSSR count). The van der Waals surface area contributed by atoms with Gasteiger partial charge < -0.3 is 5.32 Å². The van der Waals surface area contributed by atoms with E-state index in [1.807, 2.05) is 12.1 Å². The lowest BCUT2D eigenvalue weighted by Gasteiger charge is -2.49. The van der Waals surface area contributed by atoms with Crippen LogP contribution < -0.4 is 5.32 Å². The average Bonchev–Trinajstić information content (AvgIpc) is 2.50. The number of rotatable bonds is 5. The number of hydrogen-bond acceptors (Lipinski definition) is 2. The van der Waals surface area contributed by atoms with Crippen LogP contribution in [0.5, 0.6) is 0 Å². The Hall–Kier alpha value is -0.930. The summed E-state index contributed by atoms with van der Waals surface area (Å²) < 4.78 is 14.0. The molecule has 1 aliphatic rings. The molecule has 0 bridgehead atoms. The van der Waals surface area contributed by atoms with Crippen molar-refractivity contribution in [1.82, 2.24) is 10.2 Å². The maximum absolute atomic E-state index is 14.0. The van der Waals surface area contributed by atoms with Gasteiger partial charge in [-0.1, -0.05) is 45.4 Å². The third kappa shape index (κ3) is 3.64. The van der Waals surface area contributed by atoms with E-state index in [1.165, 1.54) is 6.42 Å². The van der Waals surface area contributed by atoms with E-state index in [0.29, 0.717) is 18.5 Å². The predicted octanol–water partition coefficient (Wildman–Crippen LogP) is 3.81. The van der Waals surface area contributed by atoms with E-state index in [4.69, 9.17) is 0 Å². The number of nitrogens with zero attached hydrogens (tertiary/aromatic N) is 1. The molecule has 3 heteroatoms. The molecule has 2 nitrogen and oxygen atoms in total. The zero-order chi connectivity index (χ0) is 15.5. The van der Waals surface area contributed by atoms with E-state index in [9.17, 15) is 4.39 Å². The summed E-state index contributed by atoms with van der Waals surface area (Å²) in [5, 5.41) is 3.71. The number of halogens is 1. The Labute approximate surface area is 128 Å². The van der Waals surface area contributed by atoms with E-state index in [1.54, 1.807) is 12.1 Å². The number of nitrogens with one attached hydrogen (secondary N) is 1. The van der Waals surface area contributed by atoms with E-state index < -0.39 is 0 Å². The van der Waals surface area contributed by atoms with Gasteiger partial charge in [0.1, 0.15) is 5.82 Å². The van der Waals surface area contributed by atoms with Crippen LogP contribution >= 0.6 is 0 Å². The Morgan fingerprint density at radius 3 is 2.71 bits per heavy atom. The highest BCUT2D eigenvalue weighted by molar-refractivity contribution is 5.18. The quantitative estimate of drug-likeness (QED) is 0.887. The van der Waals surface area contributed by atoms with E-state index >= 15 is 0 Å². The zero-order valence-electron chi connectivity index (χ0n) is 13.8. The van der Waals surface area contributed by atoms with Gasteiger partial charge in [-0.25, -0.2) is 4.39 Å². The summed E-state index contributed by atoms with van der Waals surface area (Å²) >= 11 is 0. The minimum atomic E-state index is -0.0884. The molecule has 1 N–H and O–H groups in total. The highest BCUT2D eigenvalue weighted by Crippen LogP contribution is 2.28. The van der Waals surface area contributed by atoms with E-state index in [0.717, 1.165) is 25.1 Å². The third-order valence-corrected chi connectivity index (χ3v) is 5.34. The Kier molecular flexibility index (Phi) is 5.39. The van der Waals surface area contributed by atoms with Crippen LogP contribution in [-0.4, -0.2) is 29.6 Å². The molecule has 1 heterocycles. The van der Waals surface area contributed by atoms with Crippen LogP contribution in [0.25, 0.3) is 0 Å². The monoisotopic (exact) mass is 292 g/mol. The Bertz CT molecular complexity index is 462. The van der Waals surface area contributed by atoms with E-state index in [-0.39, 0.29) is 11.4 Å². The summed E-state index contributed by atoms with van der Waals surface area (Å²) in [6.45, 7) is 11.7. The van der Waals surface area contributed by atoms with Crippen LogP contribution in [0.2, 0.25) is 0 Å². The standard InChI is InChI=1S/C18H29FN2/c1-5-14(3)17-12-21(18(4,6-2)13-20-17)11-15-9-7-8-10-16(15)19/h7-10,14,17,20H,5-6,11-13H2,1-4H3. The second-order valence-electron chi connectivity index (χ2n) is 6.70. The molecule has 0 spiro atoms. The molecular formula is C18H29FN2. The second-order valence-corrected chi connectivity index (χ2v) is 6.70. The molecule has 1 fully saturated rings. The van der Waals surface area contributed by atoms with Gasteiger partial charge in [0.25, 0.3) is 0 Å². The SMILES string of the molecule is CCC(C)C1CN(Cc2ccccc2F)C(C)(CC)CN1. The van der Waals surface area contributed by atoms with Gasteiger partial charge in [0.2, 0.25) is 0 Å². The summed E-state index contributed by atoms with van der Waals surface area (Å²) in [5.74, 6) is 0.559. The molecule has 1 saturated heterocycles.